The summed E-state index contributed by atoms with van der Waals surface area (Å²) in [6.45, 7) is 13.6. The van der Waals surface area contributed by atoms with E-state index < -0.39 is 17.9 Å². The standard InChI is InChI=1S/C33H56N4O5/c1-7-18-13(2)21-12-24-27(33(41)42)16(5)30(36-24)17(6)29-14(3)19(8-9-26(39)40)31(37-29)20-10-25(38)28-15(4)22(35-32(20)28)11-23(18)34-21/h13-25,27-32,34-38H,7-12H2,1-6H3,(H,39,40)(H,41,42). The molecule has 9 nitrogen and oxygen atoms in total. The van der Waals surface area contributed by atoms with Crippen molar-refractivity contribution in [3.05, 3.63) is 0 Å². The molecule has 5 aliphatic heterocycles. The Bertz CT molecular complexity index is 1030. The maximum Gasteiger partial charge on any atom is 0.308 e. The number of carboxylic acid groups (broad SMARTS) is 2. The first-order valence-corrected chi connectivity index (χ1v) is 17.1. The van der Waals surface area contributed by atoms with Gasteiger partial charge in [0.15, 0.2) is 0 Å². The molecule has 6 fully saturated rings. The average molecular weight is 589 g/mol. The van der Waals surface area contributed by atoms with Crippen LogP contribution in [0.4, 0.5) is 0 Å². The Labute approximate surface area is 251 Å². The van der Waals surface area contributed by atoms with Gasteiger partial charge in [-0.15, -0.1) is 0 Å². The lowest BCUT2D eigenvalue weighted by Gasteiger charge is -2.33. The van der Waals surface area contributed by atoms with Gasteiger partial charge in [0.25, 0.3) is 0 Å². The minimum Gasteiger partial charge on any atom is -0.481 e. The molecule has 5 saturated heterocycles. The summed E-state index contributed by atoms with van der Waals surface area (Å²) >= 11 is 0. The molecular formula is C33H56N4O5. The van der Waals surface area contributed by atoms with E-state index in [-0.39, 0.29) is 84.3 Å². The lowest BCUT2D eigenvalue weighted by molar-refractivity contribution is -0.143. The third-order valence-corrected chi connectivity index (χ3v) is 13.9. The van der Waals surface area contributed by atoms with Gasteiger partial charge in [-0.05, 0) is 73.0 Å². The second kappa shape index (κ2) is 11.6. The summed E-state index contributed by atoms with van der Waals surface area (Å²) in [6.07, 6.45) is 4.10. The Morgan fingerprint density at radius 1 is 0.667 bits per heavy atom. The lowest BCUT2D eigenvalue weighted by Crippen LogP contribution is -2.51. The van der Waals surface area contributed by atoms with Crippen molar-refractivity contribution in [1.82, 2.24) is 21.3 Å². The predicted octanol–water partition coefficient (Wildman–Crippen LogP) is 2.53. The summed E-state index contributed by atoms with van der Waals surface area (Å²) in [4.78, 5) is 24.4. The number of rotatable bonds is 5. The molecule has 0 amide bonds. The van der Waals surface area contributed by atoms with Gasteiger partial charge >= 0.3 is 11.9 Å². The van der Waals surface area contributed by atoms with E-state index in [9.17, 15) is 24.9 Å². The van der Waals surface area contributed by atoms with Crippen LogP contribution >= 0.6 is 0 Å². The quantitative estimate of drug-likeness (QED) is 0.258. The summed E-state index contributed by atoms with van der Waals surface area (Å²) < 4.78 is 0. The molecule has 5 heterocycles. The molecule has 7 N–H and O–H groups in total. The van der Waals surface area contributed by atoms with Gasteiger partial charge in [-0.2, -0.15) is 0 Å². The molecular weight excluding hydrogens is 532 g/mol. The second-order valence-electron chi connectivity index (χ2n) is 15.5. The van der Waals surface area contributed by atoms with Crippen LogP contribution in [0.2, 0.25) is 0 Å². The van der Waals surface area contributed by atoms with E-state index in [4.69, 9.17) is 0 Å². The van der Waals surface area contributed by atoms with Crippen LogP contribution in [0.15, 0.2) is 0 Å². The molecule has 9 heteroatoms. The van der Waals surface area contributed by atoms with Gasteiger partial charge in [-0.25, -0.2) is 0 Å². The summed E-state index contributed by atoms with van der Waals surface area (Å²) in [5.41, 5.74) is 0. The van der Waals surface area contributed by atoms with Gasteiger partial charge in [0.05, 0.1) is 12.0 Å². The van der Waals surface area contributed by atoms with Crippen LogP contribution in [0.5, 0.6) is 0 Å². The van der Waals surface area contributed by atoms with E-state index in [1.54, 1.807) is 0 Å². The van der Waals surface area contributed by atoms with E-state index in [2.05, 4.69) is 62.8 Å². The summed E-state index contributed by atoms with van der Waals surface area (Å²) in [7, 11) is 0. The number of carbonyl (C=O) groups is 2. The molecule has 6 aliphatic rings. The van der Waals surface area contributed by atoms with Crippen LogP contribution < -0.4 is 21.3 Å². The number of aliphatic carboxylic acids is 2. The fraction of sp³-hybridized carbons (Fsp3) is 0.939. The fourth-order valence-corrected chi connectivity index (χ4v) is 11.7. The Morgan fingerprint density at radius 2 is 1.31 bits per heavy atom. The molecule has 0 aromatic heterocycles. The molecule has 238 valence electrons. The number of fused-ring (bicyclic) bond motifs is 8. The van der Waals surface area contributed by atoms with E-state index in [1.165, 1.54) is 0 Å². The normalized spacial score (nSPS) is 55.3. The van der Waals surface area contributed by atoms with Gasteiger partial charge in [0.1, 0.15) is 0 Å². The zero-order valence-electron chi connectivity index (χ0n) is 26.4. The number of aliphatic hydroxyl groups is 1. The smallest absolute Gasteiger partial charge is 0.308 e. The van der Waals surface area contributed by atoms with E-state index in [0.717, 1.165) is 25.7 Å². The van der Waals surface area contributed by atoms with Crippen molar-refractivity contribution in [1.29, 1.82) is 0 Å². The van der Waals surface area contributed by atoms with E-state index in [0.29, 0.717) is 36.3 Å². The van der Waals surface area contributed by atoms with Gasteiger partial charge < -0.3 is 36.6 Å². The zero-order valence-corrected chi connectivity index (χ0v) is 26.4. The SMILES string of the molecule is CCC1C2CC3NC4C(CC(O)C4C3C)C3NC(C(C)C3CCC(=O)O)C(C)C3NC(CC(N2)C1C)C(C(=O)O)C3C. The molecule has 19 unspecified atom stereocenters. The van der Waals surface area contributed by atoms with E-state index >= 15 is 0 Å². The molecule has 1 aliphatic carbocycles. The summed E-state index contributed by atoms with van der Waals surface area (Å²) in [6, 6.07) is 1.44. The summed E-state index contributed by atoms with van der Waals surface area (Å²) in [5.74, 6) is 0.568. The highest BCUT2D eigenvalue weighted by Gasteiger charge is 2.59. The molecule has 8 bridgehead atoms. The van der Waals surface area contributed by atoms with Crippen molar-refractivity contribution in [2.45, 2.75) is 135 Å². The van der Waals surface area contributed by atoms with Gasteiger partial charge in [0.2, 0.25) is 0 Å². The number of aliphatic hydroxyl groups excluding tert-OH is 1. The number of hydrogen-bond donors (Lipinski definition) is 7. The van der Waals surface area contributed by atoms with Crippen LogP contribution in [0.1, 0.15) is 80.1 Å². The number of hydrogen-bond acceptors (Lipinski definition) is 7. The Morgan fingerprint density at radius 3 is 1.98 bits per heavy atom. The second-order valence-corrected chi connectivity index (χ2v) is 15.5. The van der Waals surface area contributed by atoms with E-state index in [1.807, 2.05) is 0 Å². The third kappa shape index (κ3) is 4.93. The number of carboxylic acids is 2. The molecule has 0 aromatic rings. The predicted molar refractivity (Wildman–Crippen MR) is 161 cm³/mol. The van der Waals surface area contributed by atoms with Crippen LogP contribution in [0, 0.1) is 59.2 Å². The van der Waals surface area contributed by atoms with Crippen molar-refractivity contribution in [2.24, 2.45) is 59.2 Å². The molecule has 1 saturated carbocycles. The first-order valence-electron chi connectivity index (χ1n) is 17.1. The highest BCUT2D eigenvalue weighted by Crippen LogP contribution is 2.51. The first kappa shape index (κ1) is 30.8. The Kier molecular flexibility index (Phi) is 8.49. The molecule has 0 spiro atoms. The van der Waals surface area contributed by atoms with Crippen molar-refractivity contribution in [3.63, 3.8) is 0 Å². The van der Waals surface area contributed by atoms with Crippen LogP contribution in [0.25, 0.3) is 0 Å². The monoisotopic (exact) mass is 588 g/mol. The van der Waals surface area contributed by atoms with Gasteiger partial charge in [-0.1, -0.05) is 48.0 Å². The Balaban J connectivity index is 1.38. The van der Waals surface area contributed by atoms with Crippen molar-refractivity contribution < 1.29 is 24.9 Å². The Hall–Kier alpha value is -1.26. The summed E-state index contributed by atoms with van der Waals surface area (Å²) in [5, 5.41) is 47.5. The largest absolute Gasteiger partial charge is 0.481 e. The van der Waals surface area contributed by atoms with Crippen molar-refractivity contribution >= 4 is 11.9 Å². The fourth-order valence-electron chi connectivity index (χ4n) is 11.7. The van der Waals surface area contributed by atoms with Crippen LogP contribution in [-0.2, 0) is 9.59 Å². The highest BCUT2D eigenvalue weighted by atomic mass is 16.4. The third-order valence-electron chi connectivity index (χ3n) is 13.9. The molecule has 0 aromatic carbocycles. The van der Waals surface area contributed by atoms with Gasteiger partial charge in [0, 0.05) is 60.7 Å². The van der Waals surface area contributed by atoms with Crippen molar-refractivity contribution in [2.75, 3.05) is 0 Å². The molecule has 6 rings (SSSR count). The average Bonchev–Trinajstić information content (AvgIpc) is 3.68. The minimum absolute atomic E-state index is 0.00519. The maximum absolute atomic E-state index is 12.7. The topological polar surface area (TPSA) is 143 Å². The first-order chi connectivity index (χ1) is 19.9. The van der Waals surface area contributed by atoms with Crippen LogP contribution in [-0.4, -0.2) is 81.7 Å². The lowest BCUT2D eigenvalue weighted by atomic mass is 9.74. The van der Waals surface area contributed by atoms with Crippen molar-refractivity contribution in [3.8, 4) is 0 Å². The molecule has 42 heavy (non-hydrogen) atoms. The van der Waals surface area contributed by atoms with Crippen LogP contribution in [0.3, 0.4) is 0 Å². The maximum atomic E-state index is 12.7. The zero-order chi connectivity index (χ0) is 30.2. The number of nitrogens with one attached hydrogen (secondary N) is 4. The minimum atomic E-state index is -0.756. The highest BCUT2D eigenvalue weighted by molar-refractivity contribution is 5.72. The molecule has 19 atom stereocenters. The molecule has 0 radical (unpaired) electrons. The van der Waals surface area contributed by atoms with Gasteiger partial charge in [-0.3, -0.25) is 9.59 Å².